The van der Waals surface area contributed by atoms with Crippen molar-refractivity contribution in [2.75, 3.05) is 13.1 Å². The molecule has 37 heavy (non-hydrogen) atoms. The highest BCUT2D eigenvalue weighted by atomic mass is 16.2. The van der Waals surface area contributed by atoms with Crippen LogP contribution in [-0.4, -0.2) is 54.8 Å². The molecule has 1 aliphatic carbocycles. The molecule has 1 aliphatic heterocycles. The second-order valence-corrected chi connectivity index (χ2v) is 10.9. The van der Waals surface area contributed by atoms with E-state index < -0.39 is 0 Å². The first kappa shape index (κ1) is 25.7. The van der Waals surface area contributed by atoms with Gasteiger partial charge in [0.05, 0.1) is 13.1 Å². The van der Waals surface area contributed by atoms with Crippen LogP contribution in [0.5, 0.6) is 0 Å². The molecule has 1 saturated carbocycles. The Kier molecular flexibility index (Phi) is 9.06. The van der Waals surface area contributed by atoms with Gasteiger partial charge in [0.15, 0.2) is 0 Å². The third-order valence-electron chi connectivity index (χ3n) is 8.34. The minimum atomic E-state index is -0.0121. The van der Waals surface area contributed by atoms with E-state index in [4.69, 9.17) is 0 Å². The number of likely N-dealkylation sites (tertiary alicyclic amines) is 1. The quantitative estimate of drug-likeness (QED) is 0.391. The zero-order valence-electron chi connectivity index (χ0n) is 22.1. The van der Waals surface area contributed by atoms with E-state index in [1.807, 2.05) is 12.1 Å². The van der Waals surface area contributed by atoms with Gasteiger partial charge in [-0.2, -0.15) is 0 Å². The standard InChI is InChI=1S/C30H42N6O/c37-30(36(22-28-31-16-17-32-28)23-29-33-18-19-34-29)26-12-8-24(9-13-26)6-7-25-10-14-27(15-11-25)35-20-4-2-1-3-5-21-35/h8-9,12-13,16-19,25,27H,1-7,10-11,14-15,20-23H2,(H,31,32)(H,33,34). The molecule has 3 heterocycles. The lowest BCUT2D eigenvalue weighted by Crippen LogP contribution is -2.40. The van der Waals surface area contributed by atoms with Crippen LogP contribution in [-0.2, 0) is 19.5 Å². The summed E-state index contributed by atoms with van der Waals surface area (Å²) in [7, 11) is 0. The molecule has 3 aromatic rings. The third-order valence-corrected chi connectivity index (χ3v) is 8.34. The molecule has 1 saturated heterocycles. The Hall–Kier alpha value is -2.93. The molecule has 5 rings (SSSR count). The SMILES string of the molecule is O=C(c1ccc(CCC2CCC(N3CCCCCCC3)CC2)cc1)N(Cc1ncc[nH]1)Cc1ncc[nH]1. The second kappa shape index (κ2) is 13.0. The number of aryl methyl sites for hydroxylation is 1. The van der Waals surface area contributed by atoms with Gasteiger partial charge >= 0.3 is 0 Å². The van der Waals surface area contributed by atoms with Gasteiger partial charge in [-0.1, -0.05) is 31.4 Å². The van der Waals surface area contributed by atoms with Crippen LogP contribution in [0.25, 0.3) is 0 Å². The molecular formula is C30H42N6O. The Morgan fingerprint density at radius 1 is 0.838 bits per heavy atom. The van der Waals surface area contributed by atoms with E-state index in [2.05, 4.69) is 37.0 Å². The van der Waals surface area contributed by atoms with Gasteiger partial charge in [0, 0.05) is 36.4 Å². The zero-order chi connectivity index (χ0) is 25.3. The first-order valence-electron chi connectivity index (χ1n) is 14.3. The lowest BCUT2D eigenvalue weighted by Gasteiger charge is -2.38. The van der Waals surface area contributed by atoms with Gasteiger partial charge in [0.25, 0.3) is 5.91 Å². The van der Waals surface area contributed by atoms with Crippen LogP contribution in [0.1, 0.15) is 91.8 Å². The van der Waals surface area contributed by atoms with E-state index in [1.165, 1.54) is 82.9 Å². The van der Waals surface area contributed by atoms with Gasteiger partial charge in [-0.15, -0.1) is 0 Å². The summed E-state index contributed by atoms with van der Waals surface area (Å²) >= 11 is 0. The van der Waals surface area contributed by atoms with Gasteiger partial charge in [-0.3, -0.25) is 4.79 Å². The van der Waals surface area contributed by atoms with E-state index in [1.54, 1.807) is 29.7 Å². The Morgan fingerprint density at radius 3 is 2.00 bits per heavy atom. The lowest BCUT2D eigenvalue weighted by molar-refractivity contribution is 0.0721. The van der Waals surface area contributed by atoms with Crippen LogP contribution >= 0.6 is 0 Å². The predicted octanol–water partition coefficient (Wildman–Crippen LogP) is 5.73. The number of benzene rings is 1. The minimum Gasteiger partial charge on any atom is -0.347 e. The van der Waals surface area contributed by atoms with Crippen molar-refractivity contribution in [1.82, 2.24) is 29.7 Å². The fourth-order valence-corrected chi connectivity index (χ4v) is 6.13. The van der Waals surface area contributed by atoms with Crippen LogP contribution in [0.3, 0.4) is 0 Å². The molecule has 2 aromatic heterocycles. The summed E-state index contributed by atoms with van der Waals surface area (Å²) in [4.78, 5) is 32.7. The van der Waals surface area contributed by atoms with Crippen molar-refractivity contribution < 1.29 is 4.79 Å². The maximum absolute atomic E-state index is 13.4. The molecule has 0 unspecified atom stereocenters. The Bertz CT molecular complexity index is 1010. The summed E-state index contributed by atoms with van der Waals surface area (Å²) in [6.07, 6.45) is 21.9. The predicted molar refractivity (Wildman–Crippen MR) is 146 cm³/mol. The van der Waals surface area contributed by atoms with E-state index in [-0.39, 0.29) is 5.91 Å². The van der Waals surface area contributed by atoms with Gasteiger partial charge in [-0.05, 0) is 88.1 Å². The minimum absolute atomic E-state index is 0.0121. The van der Waals surface area contributed by atoms with Crippen LogP contribution in [0.2, 0.25) is 0 Å². The van der Waals surface area contributed by atoms with E-state index in [0.29, 0.717) is 18.7 Å². The topological polar surface area (TPSA) is 80.9 Å². The summed E-state index contributed by atoms with van der Waals surface area (Å²) in [6, 6.07) is 9.06. The number of aromatic amines is 2. The number of hydrogen-bond donors (Lipinski definition) is 2. The summed E-state index contributed by atoms with van der Waals surface area (Å²) < 4.78 is 0. The van der Waals surface area contributed by atoms with Crippen LogP contribution < -0.4 is 0 Å². The number of amides is 1. The van der Waals surface area contributed by atoms with Crippen molar-refractivity contribution in [3.05, 3.63) is 71.8 Å². The number of nitrogens with one attached hydrogen (secondary N) is 2. The smallest absolute Gasteiger partial charge is 0.254 e. The highest BCUT2D eigenvalue weighted by Gasteiger charge is 2.26. The van der Waals surface area contributed by atoms with Crippen molar-refractivity contribution in [2.45, 2.75) is 89.8 Å². The number of carbonyl (C=O) groups excluding carboxylic acids is 1. The summed E-state index contributed by atoms with van der Waals surface area (Å²) in [5.41, 5.74) is 2.03. The average Bonchev–Trinajstić information content (AvgIpc) is 3.62. The van der Waals surface area contributed by atoms with E-state index >= 15 is 0 Å². The number of rotatable bonds is 9. The van der Waals surface area contributed by atoms with E-state index in [9.17, 15) is 4.79 Å². The molecule has 7 nitrogen and oxygen atoms in total. The fourth-order valence-electron chi connectivity index (χ4n) is 6.13. The maximum atomic E-state index is 13.4. The molecule has 1 aromatic carbocycles. The molecule has 2 aliphatic rings. The van der Waals surface area contributed by atoms with Crippen molar-refractivity contribution in [1.29, 1.82) is 0 Å². The Labute approximate surface area is 221 Å². The number of nitrogens with zero attached hydrogens (tertiary/aromatic N) is 4. The van der Waals surface area contributed by atoms with Crippen molar-refractivity contribution >= 4 is 5.91 Å². The summed E-state index contributed by atoms with van der Waals surface area (Å²) in [6.45, 7) is 3.46. The fraction of sp³-hybridized carbons (Fsp3) is 0.567. The van der Waals surface area contributed by atoms with Gasteiger partial charge in [0.2, 0.25) is 0 Å². The van der Waals surface area contributed by atoms with Crippen molar-refractivity contribution in [3.8, 4) is 0 Å². The molecule has 7 heteroatoms. The summed E-state index contributed by atoms with van der Waals surface area (Å²) in [5, 5.41) is 0. The monoisotopic (exact) mass is 502 g/mol. The Morgan fingerprint density at radius 2 is 1.43 bits per heavy atom. The molecule has 198 valence electrons. The molecule has 1 amide bonds. The highest BCUT2D eigenvalue weighted by Crippen LogP contribution is 2.31. The van der Waals surface area contributed by atoms with Gasteiger partial charge in [0.1, 0.15) is 11.6 Å². The number of carbonyl (C=O) groups is 1. The van der Waals surface area contributed by atoms with Crippen LogP contribution in [0.15, 0.2) is 49.1 Å². The normalized spacial score (nSPS) is 21.3. The maximum Gasteiger partial charge on any atom is 0.254 e. The third kappa shape index (κ3) is 7.31. The first-order valence-corrected chi connectivity index (χ1v) is 14.3. The molecule has 0 atom stereocenters. The molecule has 2 N–H and O–H groups in total. The highest BCUT2D eigenvalue weighted by molar-refractivity contribution is 5.94. The number of aromatic nitrogens is 4. The second-order valence-electron chi connectivity index (χ2n) is 10.9. The molecule has 2 fully saturated rings. The molecule has 0 radical (unpaired) electrons. The number of H-pyrrole nitrogens is 2. The van der Waals surface area contributed by atoms with Crippen molar-refractivity contribution in [2.24, 2.45) is 5.92 Å². The first-order chi connectivity index (χ1) is 18.2. The zero-order valence-corrected chi connectivity index (χ0v) is 22.1. The van der Waals surface area contributed by atoms with Gasteiger partial charge < -0.3 is 19.8 Å². The van der Waals surface area contributed by atoms with E-state index in [0.717, 1.165) is 30.0 Å². The largest absolute Gasteiger partial charge is 0.347 e. The average molecular weight is 503 g/mol. The van der Waals surface area contributed by atoms with Gasteiger partial charge in [-0.25, -0.2) is 9.97 Å². The molecule has 0 bridgehead atoms. The summed E-state index contributed by atoms with van der Waals surface area (Å²) in [5.74, 6) is 2.35. The number of imidazole rings is 2. The molecule has 0 spiro atoms. The lowest BCUT2D eigenvalue weighted by atomic mass is 9.82. The Balaban J connectivity index is 1.11. The van der Waals surface area contributed by atoms with Crippen molar-refractivity contribution in [3.63, 3.8) is 0 Å². The van der Waals surface area contributed by atoms with Crippen LogP contribution in [0, 0.1) is 5.92 Å². The number of hydrogen-bond acceptors (Lipinski definition) is 4. The molecular weight excluding hydrogens is 460 g/mol. The van der Waals surface area contributed by atoms with Crippen LogP contribution in [0.4, 0.5) is 0 Å².